The van der Waals surface area contributed by atoms with Crippen molar-refractivity contribution < 1.29 is 22.8 Å². The molecular formula is C16H20ClF3N2O2. The molecule has 0 aliphatic rings. The third-order valence-electron chi connectivity index (χ3n) is 3.46. The summed E-state index contributed by atoms with van der Waals surface area (Å²) in [6.45, 7) is 3.49. The van der Waals surface area contributed by atoms with E-state index in [0.29, 0.717) is 6.42 Å². The summed E-state index contributed by atoms with van der Waals surface area (Å²) >= 11 is 5.52. The van der Waals surface area contributed by atoms with Crippen LogP contribution in [0.15, 0.2) is 18.2 Å². The van der Waals surface area contributed by atoms with E-state index in [-0.39, 0.29) is 24.1 Å². The zero-order valence-corrected chi connectivity index (χ0v) is 14.5. The molecule has 0 saturated heterocycles. The zero-order valence-electron chi connectivity index (χ0n) is 13.7. The van der Waals surface area contributed by atoms with E-state index in [4.69, 9.17) is 11.6 Å². The van der Waals surface area contributed by atoms with E-state index in [0.717, 1.165) is 18.6 Å². The third-order valence-corrected chi connectivity index (χ3v) is 3.79. The number of nitrogens with zero attached hydrogens (tertiary/aromatic N) is 1. The van der Waals surface area contributed by atoms with E-state index in [9.17, 15) is 22.8 Å². The van der Waals surface area contributed by atoms with Gasteiger partial charge in [-0.2, -0.15) is 13.2 Å². The number of anilines is 1. The highest BCUT2D eigenvalue weighted by Crippen LogP contribution is 2.36. The molecule has 4 nitrogen and oxygen atoms in total. The second-order valence-electron chi connectivity index (χ2n) is 5.62. The van der Waals surface area contributed by atoms with Crippen molar-refractivity contribution in [1.82, 2.24) is 4.90 Å². The maximum absolute atomic E-state index is 12.8. The van der Waals surface area contributed by atoms with E-state index >= 15 is 0 Å². The summed E-state index contributed by atoms with van der Waals surface area (Å²) in [6, 6.07) is 3.11. The van der Waals surface area contributed by atoms with Gasteiger partial charge in [0, 0.05) is 18.7 Å². The molecule has 0 spiro atoms. The Morgan fingerprint density at radius 1 is 1.33 bits per heavy atom. The van der Waals surface area contributed by atoms with Gasteiger partial charge in [0.05, 0.1) is 17.1 Å². The number of amides is 2. The second kappa shape index (κ2) is 8.37. The van der Waals surface area contributed by atoms with Crippen molar-refractivity contribution in [2.75, 3.05) is 18.9 Å². The Morgan fingerprint density at radius 2 is 1.96 bits per heavy atom. The molecular weight excluding hydrogens is 345 g/mol. The number of benzene rings is 1. The van der Waals surface area contributed by atoms with E-state index in [1.54, 1.807) is 6.92 Å². The van der Waals surface area contributed by atoms with Crippen LogP contribution in [0.1, 0.15) is 32.3 Å². The standard InChI is InChI=1S/C16H20ClF3N2O2/c1-4-5-10(2)15(24)22(3)9-14(23)21-11-6-7-13(17)12(8-11)16(18,19)20/h6-8,10H,4-5,9H2,1-3H3,(H,21,23). The van der Waals surface area contributed by atoms with Crippen LogP contribution in [0.4, 0.5) is 18.9 Å². The molecule has 0 aliphatic heterocycles. The predicted octanol–water partition coefficient (Wildman–Crippen LogP) is 4.19. The Kier molecular flexibility index (Phi) is 7.08. The van der Waals surface area contributed by atoms with Gasteiger partial charge in [0.15, 0.2) is 0 Å². The quantitative estimate of drug-likeness (QED) is 0.822. The number of halogens is 4. The highest BCUT2D eigenvalue weighted by atomic mass is 35.5. The predicted molar refractivity (Wildman–Crippen MR) is 86.8 cm³/mol. The van der Waals surface area contributed by atoms with Gasteiger partial charge in [0.25, 0.3) is 0 Å². The van der Waals surface area contributed by atoms with Crippen LogP contribution in [0.25, 0.3) is 0 Å². The molecule has 0 aromatic heterocycles. The SMILES string of the molecule is CCCC(C)C(=O)N(C)CC(=O)Nc1ccc(Cl)c(C(F)(F)F)c1. The van der Waals surface area contributed by atoms with Crippen molar-refractivity contribution >= 4 is 29.1 Å². The Labute approximate surface area is 144 Å². The van der Waals surface area contributed by atoms with Gasteiger partial charge in [-0.15, -0.1) is 0 Å². The smallest absolute Gasteiger partial charge is 0.336 e. The van der Waals surface area contributed by atoms with Gasteiger partial charge in [-0.25, -0.2) is 0 Å². The molecule has 24 heavy (non-hydrogen) atoms. The van der Waals surface area contributed by atoms with Gasteiger partial charge >= 0.3 is 6.18 Å². The molecule has 0 radical (unpaired) electrons. The molecule has 1 aromatic carbocycles. The second-order valence-corrected chi connectivity index (χ2v) is 6.03. The Bertz CT molecular complexity index is 605. The fourth-order valence-corrected chi connectivity index (χ4v) is 2.47. The van der Waals surface area contributed by atoms with Crippen LogP contribution < -0.4 is 5.32 Å². The van der Waals surface area contributed by atoms with Gasteiger partial charge in [0.1, 0.15) is 0 Å². The van der Waals surface area contributed by atoms with Crippen LogP contribution in [-0.2, 0) is 15.8 Å². The van der Waals surface area contributed by atoms with Crippen molar-refractivity contribution in [3.05, 3.63) is 28.8 Å². The summed E-state index contributed by atoms with van der Waals surface area (Å²) in [5, 5.41) is 1.90. The Balaban J connectivity index is 2.73. The first-order valence-electron chi connectivity index (χ1n) is 7.47. The first-order chi connectivity index (χ1) is 11.1. The first-order valence-corrected chi connectivity index (χ1v) is 7.85. The molecule has 2 amide bonds. The average molecular weight is 365 g/mol. The minimum atomic E-state index is -4.61. The van der Waals surface area contributed by atoms with E-state index < -0.39 is 22.7 Å². The zero-order chi connectivity index (χ0) is 18.5. The molecule has 134 valence electrons. The number of rotatable bonds is 6. The van der Waals surface area contributed by atoms with Crippen LogP contribution in [0, 0.1) is 5.92 Å². The molecule has 1 atom stereocenters. The summed E-state index contributed by atoms with van der Waals surface area (Å²) in [4.78, 5) is 25.2. The van der Waals surface area contributed by atoms with E-state index in [1.165, 1.54) is 18.0 Å². The average Bonchev–Trinajstić information content (AvgIpc) is 2.47. The lowest BCUT2D eigenvalue weighted by molar-refractivity contribution is -0.137. The highest BCUT2D eigenvalue weighted by molar-refractivity contribution is 6.31. The number of hydrogen-bond acceptors (Lipinski definition) is 2. The lowest BCUT2D eigenvalue weighted by Gasteiger charge is -2.21. The molecule has 1 rings (SSSR count). The monoisotopic (exact) mass is 364 g/mol. The van der Waals surface area contributed by atoms with Crippen molar-refractivity contribution in [1.29, 1.82) is 0 Å². The number of hydrogen-bond donors (Lipinski definition) is 1. The maximum Gasteiger partial charge on any atom is 0.417 e. The van der Waals surface area contributed by atoms with E-state index in [1.807, 2.05) is 6.92 Å². The van der Waals surface area contributed by atoms with Crippen molar-refractivity contribution in [3.8, 4) is 0 Å². The number of carbonyl (C=O) groups excluding carboxylic acids is 2. The van der Waals surface area contributed by atoms with Gasteiger partial charge in [-0.05, 0) is 24.6 Å². The van der Waals surface area contributed by atoms with Gasteiger partial charge in [-0.3, -0.25) is 9.59 Å². The number of alkyl halides is 3. The summed E-state index contributed by atoms with van der Waals surface area (Å²) in [5.41, 5.74) is -1.05. The van der Waals surface area contributed by atoms with Crippen LogP contribution in [0.3, 0.4) is 0 Å². The Hall–Kier alpha value is -1.76. The van der Waals surface area contributed by atoms with E-state index in [2.05, 4.69) is 5.32 Å². The molecule has 1 unspecified atom stereocenters. The van der Waals surface area contributed by atoms with Crippen molar-refractivity contribution in [2.45, 2.75) is 32.9 Å². The van der Waals surface area contributed by atoms with Gasteiger partial charge in [-0.1, -0.05) is 31.9 Å². The van der Waals surface area contributed by atoms with Crippen LogP contribution >= 0.6 is 11.6 Å². The number of nitrogens with one attached hydrogen (secondary N) is 1. The van der Waals surface area contributed by atoms with Crippen LogP contribution in [0.5, 0.6) is 0 Å². The fourth-order valence-electron chi connectivity index (χ4n) is 2.25. The third kappa shape index (κ3) is 5.70. The van der Waals surface area contributed by atoms with Gasteiger partial charge in [0.2, 0.25) is 11.8 Å². The highest BCUT2D eigenvalue weighted by Gasteiger charge is 2.33. The first kappa shape index (κ1) is 20.3. The molecule has 0 saturated carbocycles. The molecule has 0 heterocycles. The Morgan fingerprint density at radius 3 is 2.50 bits per heavy atom. The van der Waals surface area contributed by atoms with Crippen LogP contribution in [0.2, 0.25) is 5.02 Å². The summed E-state index contributed by atoms with van der Waals surface area (Å²) in [5.74, 6) is -0.968. The summed E-state index contributed by atoms with van der Waals surface area (Å²) in [6.07, 6.45) is -3.06. The topological polar surface area (TPSA) is 49.4 Å². The lowest BCUT2D eigenvalue weighted by Crippen LogP contribution is -2.37. The molecule has 1 aromatic rings. The van der Waals surface area contributed by atoms with Crippen LogP contribution in [-0.4, -0.2) is 30.3 Å². The molecule has 0 aliphatic carbocycles. The lowest BCUT2D eigenvalue weighted by atomic mass is 10.1. The summed E-state index contributed by atoms with van der Waals surface area (Å²) < 4.78 is 38.4. The molecule has 8 heteroatoms. The molecule has 1 N–H and O–H groups in total. The fraction of sp³-hybridized carbons (Fsp3) is 0.500. The minimum Gasteiger partial charge on any atom is -0.336 e. The molecule has 0 bridgehead atoms. The number of likely N-dealkylation sites (N-methyl/N-ethyl adjacent to an activating group) is 1. The van der Waals surface area contributed by atoms with Gasteiger partial charge < -0.3 is 10.2 Å². The largest absolute Gasteiger partial charge is 0.417 e. The number of carbonyl (C=O) groups is 2. The van der Waals surface area contributed by atoms with Crippen molar-refractivity contribution in [2.24, 2.45) is 5.92 Å². The van der Waals surface area contributed by atoms with Crippen molar-refractivity contribution in [3.63, 3.8) is 0 Å². The maximum atomic E-state index is 12.8. The molecule has 0 fully saturated rings. The normalized spacial score (nSPS) is 12.6. The summed E-state index contributed by atoms with van der Waals surface area (Å²) in [7, 11) is 1.48. The minimum absolute atomic E-state index is 0.0285.